The summed E-state index contributed by atoms with van der Waals surface area (Å²) in [4.78, 5) is 11.1. The minimum absolute atomic E-state index is 0.206. The van der Waals surface area contributed by atoms with Crippen LogP contribution >= 0.6 is 12.2 Å². The van der Waals surface area contributed by atoms with Crippen molar-refractivity contribution >= 4 is 23.4 Å². The van der Waals surface area contributed by atoms with E-state index >= 15 is 0 Å². The number of imidazole rings is 1. The Labute approximate surface area is 107 Å². The first kappa shape index (κ1) is 11.7. The lowest BCUT2D eigenvalue weighted by Crippen LogP contribution is -2.24. The molecule has 3 N–H and O–H groups in total. The van der Waals surface area contributed by atoms with Gasteiger partial charge in [0.05, 0.1) is 25.4 Å². The number of fused-ring (bicyclic) bond motifs is 1. The fourth-order valence-electron chi connectivity index (χ4n) is 2.14. The summed E-state index contributed by atoms with van der Waals surface area (Å²) in [7, 11) is 0. The predicted molar refractivity (Wildman–Crippen MR) is 64.3 cm³/mol. The van der Waals surface area contributed by atoms with Crippen molar-refractivity contribution in [3.63, 3.8) is 0 Å². The van der Waals surface area contributed by atoms with Crippen molar-refractivity contribution in [3.8, 4) is 0 Å². The van der Waals surface area contributed by atoms with Crippen LogP contribution in [0.4, 0.5) is 0 Å². The molecule has 1 unspecified atom stereocenters. The molecule has 1 saturated heterocycles. The van der Waals surface area contributed by atoms with Gasteiger partial charge in [0, 0.05) is 6.42 Å². The topological polar surface area (TPSA) is 96.2 Å². The van der Waals surface area contributed by atoms with Gasteiger partial charge in [0.1, 0.15) is 23.5 Å². The largest absolute Gasteiger partial charge is 0.394 e. The van der Waals surface area contributed by atoms with Gasteiger partial charge >= 0.3 is 0 Å². The number of hydrogen-bond acceptors (Lipinski definition) is 6. The van der Waals surface area contributed by atoms with Gasteiger partial charge in [-0.1, -0.05) is 12.2 Å². The maximum absolute atomic E-state index is 9.72. The number of H-pyrrole nitrogens is 1. The zero-order valence-corrected chi connectivity index (χ0v) is 10.2. The Kier molecular flexibility index (Phi) is 2.86. The van der Waals surface area contributed by atoms with Gasteiger partial charge in [-0.25, -0.2) is 9.97 Å². The van der Waals surface area contributed by atoms with Gasteiger partial charge in [-0.05, 0) is 0 Å². The number of nitrogens with zero attached hydrogens (tertiary/aromatic N) is 3. The van der Waals surface area contributed by atoms with E-state index in [1.807, 2.05) is 0 Å². The normalized spacial score (nSPS) is 28.0. The summed E-state index contributed by atoms with van der Waals surface area (Å²) in [6.07, 6.45) is 1.89. The number of aromatic amines is 1. The van der Waals surface area contributed by atoms with E-state index in [1.165, 1.54) is 6.33 Å². The number of ether oxygens (including phenoxy) is 1. The molecule has 2 aromatic rings. The molecule has 1 aliphatic heterocycles. The van der Waals surface area contributed by atoms with Crippen LogP contribution in [0.3, 0.4) is 0 Å². The van der Waals surface area contributed by atoms with Crippen molar-refractivity contribution in [2.24, 2.45) is 0 Å². The summed E-state index contributed by atoms with van der Waals surface area (Å²) in [6, 6.07) is 0. The van der Waals surface area contributed by atoms with Gasteiger partial charge in [0.2, 0.25) is 0 Å². The molecule has 0 saturated carbocycles. The first-order valence-electron chi connectivity index (χ1n) is 5.55. The molecule has 7 nitrogen and oxygen atoms in total. The molecular weight excluding hydrogens is 256 g/mol. The van der Waals surface area contributed by atoms with Gasteiger partial charge < -0.3 is 19.9 Å². The minimum Gasteiger partial charge on any atom is -0.394 e. The van der Waals surface area contributed by atoms with Crippen molar-refractivity contribution in [3.05, 3.63) is 17.3 Å². The van der Waals surface area contributed by atoms with E-state index in [1.54, 1.807) is 10.9 Å². The van der Waals surface area contributed by atoms with E-state index in [0.29, 0.717) is 22.2 Å². The van der Waals surface area contributed by atoms with E-state index in [9.17, 15) is 5.11 Å². The lowest BCUT2D eigenvalue weighted by molar-refractivity contribution is -0.0432. The first-order valence-corrected chi connectivity index (χ1v) is 5.96. The van der Waals surface area contributed by atoms with Crippen molar-refractivity contribution in [1.29, 1.82) is 0 Å². The van der Waals surface area contributed by atoms with E-state index in [0.717, 1.165) is 0 Å². The van der Waals surface area contributed by atoms with Crippen LogP contribution in [0.25, 0.3) is 11.2 Å². The SMILES string of the molecule is OC[C@H]1O[C@@H](n2cnc3c(=S)nc[nH]c32)CC1O. The zero-order valence-electron chi connectivity index (χ0n) is 9.35. The Morgan fingerprint density at radius 2 is 2.39 bits per heavy atom. The maximum Gasteiger partial charge on any atom is 0.157 e. The summed E-state index contributed by atoms with van der Waals surface area (Å²) < 4.78 is 7.74. The molecule has 0 amide bonds. The molecule has 1 aliphatic rings. The highest BCUT2D eigenvalue weighted by molar-refractivity contribution is 7.71. The Balaban J connectivity index is 2.01. The average Bonchev–Trinajstić information content (AvgIpc) is 2.93. The van der Waals surface area contributed by atoms with Gasteiger partial charge in [0.15, 0.2) is 4.64 Å². The molecule has 0 bridgehead atoms. The smallest absolute Gasteiger partial charge is 0.157 e. The standard InChI is InChI=1S/C10H12N4O3S/c15-2-6-5(16)1-7(17-6)14-4-13-8-9(14)11-3-12-10(8)18/h3-7,15-16H,1-2H2,(H,11,12,18)/t5?,6-,7-/m1/s1. The van der Waals surface area contributed by atoms with E-state index in [-0.39, 0.29) is 12.8 Å². The molecule has 0 aromatic carbocycles. The second kappa shape index (κ2) is 4.39. The summed E-state index contributed by atoms with van der Waals surface area (Å²) in [5.41, 5.74) is 1.30. The summed E-state index contributed by atoms with van der Waals surface area (Å²) in [5, 5.41) is 18.8. The Morgan fingerprint density at radius 3 is 3.11 bits per heavy atom. The number of aromatic nitrogens is 4. The van der Waals surface area contributed by atoms with Crippen LogP contribution in [0.2, 0.25) is 0 Å². The second-order valence-electron chi connectivity index (χ2n) is 4.17. The predicted octanol–water partition coefficient (Wildman–Crippen LogP) is 0.130. The van der Waals surface area contributed by atoms with E-state index in [2.05, 4.69) is 15.0 Å². The molecule has 18 heavy (non-hydrogen) atoms. The molecule has 96 valence electrons. The van der Waals surface area contributed by atoms with Crippen LogP contribution in [-0.4, -0.2) is 48.5 Å². The van der Waals surface area contributed by atoms with E-state index in [4.69, 9.17) is 22.1 Å². The van der Waals surface area contributed by atoms with E-state index < -0.39 is 12.2 Å². The highest BCUT2D eigenvalue weighted by Crippen LogP contribution is 2.30. The number of rotatable bonds is 2. The van der Waals surface area contributed by atoms with Crippen LogP contribution in [0, 0.1) is 4.64 Å². The number of nitrogens with one attached hydrogen (secondary N) is 1. The summed E-state index contributed by atoms with van der Waals surface area (Å²) in [5.74, 6) is 0. The van der Waals surface area contributed by atoms with Crippen molar-refractivity contribution in [1.82, 2.24) is 19.5 Å². The van der Waals surface area contributed by atoms with Gasteiger partial charge in [-0.3, -0.25) is 4.57 Å². The number of aliphatic hydroxyl groups excluding tert-OH is 2. The Bertz CT molecular complexity index is 625. The molecule has 0 radical (unpaired) electrons. The van der Waals surface area contributed by atoms with Crippen LogP contribution in [-0.2, 0) is 4.74 Å². The van der Waals surface area contributed by atoms with Crippen LogP contribution in [0.5, 0.6) is 0 Å². The van der Waals surface area contributed by atoms with Gasteiger partial charge in [-0.15, -0.1) is 0 Å². The highest BCUT2D eigenvalue weighted by Gasteiger charge is 2.35. The number of hydrogen-bond donors (Lipinski definition) is 3. The third-order valence-electron chi connectivity index (χ3n) is 3.07. The number of aliphatic hydroxyl groups is 2. The van der Waals surface area contributed by atoms with Gasteiger partial charge in [-0.2, -0.15) is 0 Å². The third-order valence-corrected chi connectivity index (χ3v) is 3.37. The molecule has 0 spiro atoms. The molecule has 3 rings (SSSR count). The monoisotopic (exact) mass is 268 g/mol. The summed E-state index contributed by atoms with van der Waals surface area (Å²) in [6.45, 7) is -0.206. The molecule has 0 aliphatic carbocycles. The molecule has 8 heteroatoms. The molecular formula is C10H12N4O3S. The molecule has 2 aromatic heterocycles. The van der Waals surface area contributed by atoms with Gasteiger partial charge in [0.25, 0.3) is 0 Å². The second-order valence-corrected chi connectivity index (χ2v) is 4.56. The quantitative estimate of drug-likeness (QED) is 0.670. The van der Waals surface area contributed by atoms with Crippen LogP contribution < -0.4 is 0 Å². The summed E-state index contributed by atoms with van der Waals surface area (Å²) >= 11 is 5.07. The fourth-order valence-corrected chi connectivity index (χ4v) is 2.34. The highest BCUT2D eigenvalue weighted by atomic mass is 32.1. The average molecular weight is 268 g/mol. The van der Waals surface area contributed by atoms with Crippen molar-refractivity contribution < 1.29 is 14.9 Å². The molecule has 1 fully saturated rings. The molecule has 3 heterocycles. The lowest BCUT2D eigenvalue weighted by atomic mass is 10.2. The van der Waals surface area contributed by atoms with Crippen molar-refractivity contribution in [2.45, 2.75) is 24.9 Å². The Morgan fingerprint density at radius 1 is 1.56 bits per heavy atom. The van der Waals surface area contributed by atoms with Crippen LogP contribution in [0.1, 0.15) is 12.6 Å². The van der Waals surface area contributed by atoms with Crippen LogP contribution in [0.15, 0.2) is 12.7 Å². The maximum atomic E-state index is 9.72. The lowest BCUT2D eigenvalue weighted by Gasteiger charge is -2.13. The first-order chi connectivity index (χ1) is 8.70. The minimum atomic E-state index is -0.678. The Hall–Kier alpha value is -1.35. The third kappa shape index (κ3) is 1.74. The zero-order chi connectivity index (χ0) is 12.7. The van der Waals surface area contributed by atoms with Crippen molar-refractivity contribution in [2.75, 3.05) is 6.61 Å². The molecule has 3 atom stereocenters. The fraction of sp³-hybridized carbons (Fsp3) is 0.500.